The van der Waals surface area contributed by atoms with Crippen molar-refractivity contribution < 1.29 is 43.6 Å². The van der Waals surface area contributed by atoms with Crippen molar-refractivity contribution >= 4 is 24.0 Å². The molecule has 2 fully saturated rings. The van der Waals surface area contributed by atoms with Crippen molar-refractivity contribution in [3.05, 3.63) is 23.3 Å². The molecule has 63 heavy (non-hydrogen) atoms. The molecular weight excluding hydrogens is 793 g/mol. The van der Waals surface area contributed by atoms with Crippen LogP contribution in [-0.2, 0) is 33.4 Å². The van der Waals surface area contributed by atoms with E-state index < -0.39 is 69.5 Å². The number of aliphatic hydroxyl groups excluding tert-OH is 1. The highest BCUT2D eigenvalue weighted by Gasteiger charge is 2.83. The predicted octanol–water partition coefficient (Wildman–Crippen LogP) is 12.1. The van der Waals surface area contributed by atoms with Crippen LogP contribution in [0.3, 0.4) is 0 Å². The van der Waals surface area contributed by atoms with Gasteiger partial charge in [0, 0.05) is 36.0 Å². The highest BCUT2D eigenvalue weighted by atomic mass is 16.6. The summed E-state index contributed by atoms with van der Waals surface area (Å²) in [6, 6.07) is 0. The number of carbonyl (C=O) groups is 4. The van der Waals surface area contributed by atoms with E-state index in [-0.39, 0.29) is 30.4 Å². The standard InChI is InChI=1S/C54H90O9/c1-10-12-14-16-18-20-21-22-23-25-26-28-30-32-44(56)61-38-42-34-43-46-50(6,7)53(46,62-45(57)33-31-29-27-24-19-17-15-13-11-2)36-40(4)52(48(43)59)35-39(3)49(54(52,60)47(42)58)63-51(8,9)41(5)37-55/h34-35,37,40-41,43,46-47,49,58,60H,10-33,36,38H2,1-9H3/t40-,41?,43+,46-,47-,49+,52?,53+,54+/m1/s1. The second kappa shape index (κ2) is 23.9. The van der Waals surface area contributed by atoms with Gasteiger partial charge in [0.2, 0.25) is 0 Å². The monoisotopic (exact) mass is 883 g/mol. The third-order valence-electron chi connectivity index (χ3n) is 16.2. The van der Waals surface area contributed by atoms with Gasteiger partial charge in [-0.3, -0.25) is 14.4 Å². The largest absolute Gasteiger partial charge is 0.461 e. The van der Waals surface area contributed by atoms with Crippen LogP contribution in [0.25, 0.3) is 0 Å². The van der Waals surface area contributed by atoms with Gasteiger partial charge >= 0.3 is 11.9 Å². The molecule has 0 aromatic heterocycles. The number of aliphatic hydroxyl groups is 2. The number of unbranched alkanes of at least 4 members (excludes halogenated alkanes) is 20. The Hall–Kier alpha value is -2.36. The summed E-state index contributed by atoms with van der Waals surface area (Å²) in [5.41, 5.74) is -5.64. The number of hydrogen-bond acceptors (Lipinski definition) is 9. The highest BCUT2D eigenvalue weighted by molar-refractivity contribution is 5.96. The number of esters is 2. The van der Waals surface area contributed by atoms with Crippen LogP contribution in [0.4, 0.5) is 0 Å². The van der Waals surface area contributed by atoms with Crippen molar-refractivity contribution in [2.75, 3.05) is 6.61 Å². The van der Waals surface area contributed by atoms with Crippen LogP contribution >= 0.6 is 0 Å². The minimum atomic E-state index is -2.21. The molecule has 9 nitrogen and oxygen atoms in total. The minimum Gasteiger partial charge on any atom is -0.461 e. The Labute approximate surface area is 382 Å². The number of allylic oxidation sites excluding steroid dienone is 1. The third-order valence-corrected chi connectivity index (χ3v) is 16.2. The Morgan fingerprint density at radius 2 is 1.27 bits per heavy atom. The molecule has 0 aromatic rings. The Bertz CT molecular complexity index is 1560. The maximum Gasteiger partial charge on any atom is 0.306 e. The van der Waals surface area contributed by atoms with E-state index in [9.17, 15) is 24.6 Å². The summed E-state index contributed by atoms with van der Waals surface area (Å²) < 4.78 is 19.1. The first-order chi connectivity index (χ1) is 29.9. The number of ether oxygens (including phenoxy) is 3. The molecule has 2 unspecified atom stereocenters. The van der Waals surface area contributed by atoms with Crippen molar-refractivity contribution in [1.82, 2.24) is 0 Å². The molecule has 0 aromatic carbocycles. The number of carbonyl (C=O) groups excluding carboxylic acids is 4. The quantitative estimate of drug-likeness (QED) is 0.0302. The molecule has 4 aliphatic carbocycles. The smallest absolute Gasteiger partial charge is 0.306 e. The van der Waals surface area contributed by atoms with E-state index in [1.165, 1.54) is 96.3 Å². The molecule has 2 bridgehead atoms. The van der Waals surface area contributed by atoms with Crippen LogP contribution in [-0.4, -0.2) is 69.8 Å². The van der Waals surface area contributed by atoms with Gasteiger partial charge in [0.25, 0.3) is 0 Å². The maximum absolute atomic E-state index is 15.5. The molecule has 0 saturated heterocycles. The lowest BCUT2D eigenvalue weighted by Gasteiger charge is -2.50. The number of Topliss-reactive ketones (excluding diaryl/α,β-unsaturated/α-hetero) is 1. The fraction of sp³-hybridized carbons (Fsp3) is 0.852. The topological polar surface area (TPSA) is 136 Å². The molecule has 360 valence electrons. The Balaban J connectivity index is 1.49. The van der Waals surface area contributed by atoms with Gasteiger partial charge in [-0.15, -0.1) is 0 Å². The molecule has 0 radical (unpaired) electrons. The van der Waals surface area contributed by atoms with E-state index in [0.29, 0.717) is 24.8 Å². The second-order valence-electron chi connectivity index (χ2n) is 21.5. The zero-order valence-electron chi connectivity index (χ0n) is 41.3. The Kier molecular flexibility index (Phi) is 20.2. The van der Waals surface area contributed by atoms with Crippen molar-refractivity contribution in [2.24, 2.45) is 34.5 Å². The summed E-state index contributed by atoms with van der Waals surface area (Å²) in [6.07, 6.45) is 28.2. The van der Waals surface area contributed by atoms with Crippen LogP contribution < -0.4 is 0 Å². The fourth-order valence-corrected chi connectivity index (χ4v) is 11.8. The van der Waals surface area contributed by atoms with Crippen molar-refractivity contribution in [1.29, 1.82) is 0 Å². The highest BCUT2D eigenvalue weighted by Crippen LogP contribution is 2.75. The molecule has 0 amide bonds. The summed E-state index contributed by atoms with van der Waals surface area (Å²) in [5, 5.41) is 25.9. The number of aldehydes is 1. The predicted molar refractivity (Wildman–Crippen MR) is 251 cm³/mol. The lowest BCUT2D eigenvalue weighted by Crippen LogP contribution is -2.66. The molecule has 9 atom stereocenters. The lowest BCUT2D eigenvalue weighted by molar-refractivity contribution is -0.226. The molecule has 4 rings (SSSR count). The van der Waals surface area contributed by atoms with E-state index in [1.807, 2.05) is 20.8 Å². The van der Waals surface area contributed by atoms with Gasteiger partial charge in [0.05, 0.1) is 11.0 Å². The van der Waals surface area contributed by atoms with E-state index in [2.05, 4.69) is 13.8 Å². The summed E-state index contributed by atoms with van der Waals surface area (Å²) in [6.45, 7) is 17.2. The molecule has 9 heteroatoms. The van der Waals surface area contributed by atoms with E-state index in [0.717, 1.165) is 44.8 Å². The van der Waals surface area contributed by atoms with Gasteiger partial charge in [0.1, 0.15) is 36.3 Å². The number of fused-ring (bicyclic) bond motifs is 3. The van der Waals surface area contributed by atoms with Crippen LogP contribution in [0, 0.1) is 34.5 Å². The maximum atomic E-state index is 15.5. The molecule has 0 aliphatic heterocycles. The summed E-state index contributed by atoms with van der Waals surface area (Å²) in [5.74, 6) is -3.33. The summed E-state index contributed by atoms with van der Waals surface area (Å²) in [4.78, 5) is 54.5. The Morgan fingerprint density at radius 3 is 1.75 bits per heavy atom. The van der Waals surface area contributed by atoms with E-state index >= 15 is 4.79 Å². The van der Waals surface area contributed by atoms with E-state index in [1.54, 1.807) is 39.8 Å². The van der Waals surface area contributed by atoms with E-state index in [4.69, 9.17) is 14.2 Å². The molecule has 4 aliphatic rings. The molecular formula is C54H90O9. The Morgan fingerprint density at radius 1 is 0.810 bits per heavy atom. The molecule has 1 spiro atoms. The SMILES string of the molecule is CCCCCCCCCCCCCCCC(=O)OCC1=C[C@@H]2C(=O)C3(C=C(C)[C@H](OC(C)(C)C(C)C=O)[C@@]3(O)[C@@H]1O)[C@H](C)C[C@]1(OC(=O)CCCCCCCCCCC)[C@H]2C1(C)C. The number of ketones is 1. The van der Waals surface area contributed by atoms with Crippen molar-refractivity contribution in [2.45, 2.75) is 252 Å². The van der Waals surface area contributed by atoms with Gasteiger partial charge in [-0.25, -0.2) is 0 Å². The van der Waals surface area contributed by atoms with Gasteiger partial charge in [-0.05, 0) is 57.1 Å². The first-order valence-electron chi connectivity index (χ1n) is 25.8. The van der Waals surface area contributed by atoms with Crippen molar-refractivity contribution in [3.8, 4) is 0 Å². The first kappa shape index (κ1) is 53.3. The second-order valence-corrected chi connectivity index (χ2v) is 21.5. The van der Waals surface area contributed by atoms with Gasteiger partial charge < -0.3 is 29.2 Å². The van der Waals surface area contributed by atoms with Gasteiger partial charge in [-0.2, -0.15) is 0 Å². The lowest BCUT2D eigenvalue weighted by atomic mass is 9.58. The molecule has 2 saturated carbocycles. The zero-order valence-corrected chi connectivity index (χ0v) is 41.3. The average molecular weight is 883 g/mol. The number of rotatable bonds is 31. The fourth-order valence-electron chi connectivity index (χ4n) is 11.8. The normalized spacial score (nSPS) is 30.0. The van der Waals surface area contributed by atoms with Crippen LogP contribution in [0.1, 0.15) is 223 Å². The molecule has 0 heterocycles. The summed E-state index contributed by atoms with van der Waals surface area (Å²) >= 11 is 0. The first-order valence-corrected chi connectivity index (χ1v) is 25.8. The van der Waals surface area contributed by atoms with Crippen molar-refractivity contribution in [3.63, 3.8) is 0 Å². The third kappa shape index (κ3) is 12.0. The zero-order chi connectivity index (χ0) is 46.5. The minimum absolute atomic E-state index is 0.237. The van der Waals surface area contributed by atoms with Crippen LogP contribution in [0.15, 0.2) is 23.3 Å². The molecule has 2 N–H and O–H groups in total. The van der Waals surface area contributed by atoms with Crippen LogP contribution in [0.2, 0.25) is 0 Å². The van der Waals surface area contributed by atoms with Gasteiger partial charge in [-0.1, -0.05) is 182 Å². The van der Waals surface area contributed by atoms with Crippen LogP contribution in [0.5, 0.6) is 0 Å². The number of hydrogen-bond donors (Lipinski definition) is 2. The van der Waals surface area contributed by atoms with Gasteiger partial charge in [0.15, 0.2) is 5.78 Å². The average Bonchev–Trinajstić information content (AvgIpc) is 3.64. The summed E-state index contributed by atoms with van der Waals surface area (Å²) in [7, 11) is 0.